The molecule has 0 unspecified atom stereocenters. The second-order valence-electron chi connectivity index (χ2n) is 5.59. The number of rotatable bonds is 6. The van der Waals surface area contributed by atoms with Crippen LogP contribution in [-0.4, -0.2) is 21.7 Å². The summed E-state index contributed by atoms with van der Waals surface area (Å²) in [5.41, 5.74) is 1.76. The van der Waals surface area contributed by atoms with Crippen LogP contribution >= 0.6 is 23.6 Å². The van der Waals surface area contributed by atoms with Crippen molar-refractivity contribution in [3.05, 3.63) is 69.7 Å². The summed E-state index contributed by atoms with van der Waals surface area (Å²) in [5.74, 6) is -0.532. The molecule has 1 heterocycles. The fraction of sp³-hybridized carbons (Fsp3) is 0.176. The molecule has 0 saturated heterocycles. The summed E-state index contributed by atoms with van der Waals surface area (Å²) in [6, 6.07) is 12.5. The summed E-state index contributed by atoms with van der Waals surface area (Å²) in [7, 11) is 1.94. The largest absolute Gasteiger partial charge is 0.330 e. The first-order chi connectivity index (χ1) is 12.0. The molecule has 0 amide bonds. The molecule has 0 aliphatic carbocycles. The van der Waals surface area contributed by atoms with Crippen molar-refractivity contribution in [1.82, 2.24) is 14.7 Å². The number of hydrogen-bond acceptors (Lipinski definition) is 5. The van der Waals surface area contributed by atoms with Crippen LogP contribution in [0.15, 0.2) is 48.5 Å². The molecule has 4 nitrogen and oxygen atoms in total. The predicted octanol–water partition coefficient (Wildman–Crippen LogP) is 4.79. The highest BCUT2D eigenvalue weighted by Gasteiger charge is 2.08. The van der Waals surface area contributed by atoms with E-state index in [1.807, 2.05) is 11.9 Å². The van der Waals surface area contributed by atoms with E-state index >= 15 is 0 Å². The summed E-state index contributed by atoms with van der Waals surface area (Å²) in [5, 5.41) is 8.21. The summed E-state index contributed by atoms with van der Waals surface area (Å²) in [6.07, 6.45) is 0. The zero-order valence-corrected chi connectivity index (χ0v) is 15.1. The average molecular weight is 378 g/mol. The van der Waals surface area contributed by atoms with Crippen LogP contribution in [0, 0.1) is 15.6 Å². The van der Waals surface area contributed by atoms with Crippen molar-refractivity contribution < 1.29 is 8.78 Å². The second kappa shape index (κ2) is 7.81. The van der Waals surface area contributed by atoms with Crippen LogP contribution in [0.3, 0.4) is 0 Å². The third-order valence-electron chi connectivity index (χ3n) is 3.44. The lowest BCUT2D eigenvalue weighted by atomic mass is 10.2. The van der Waals surface area contributed by atoms with Gasteiger partial charge in [0.1, 0.15) is 11.6 Å². The quantitative estimate of drug-likeness (QED) is 0.626. The molecule has 130 valence electrons. The Hall–Kier alpha value is -2.16. The highest BCUT2D eigenvalue weighted by Crippen LogP contribution is 2.20. The molecule has 0 bridgehead atoms. The van der Waals surface area contributed by atoms with E-state index in [4.69, 9.17) is 12.2 Å². The van der Waals surface area contributed by atoms with E-state index in [-0.39, 0.29) is 11.6 Å². The molecule has 0 saturated carbocycles. The van der Waals surface area contributed by atoms with E-state index in [9.17, 15) is 8.78 Å². The van der Waals surface area contributed by atoms with Crippen molar-refractivity contribution in [1.29, 1.82) is 0 Å². The molecule has 0 radical (unpaired) electrons. The van der Waals surface area contributed by atoms with Gasteiger partial charge in [0.2, 0.25) is 5.13 Å². The number of nitrogens with one attached hydrogen (secondary N) is 1. The van der Waals surface area contributed by atoms with E-state index in [0.29, 0.717) is 22.3 Å². The lowest BCUT2D eigenvalue weighted by Crippen LogP contribution is -2.22. The molecule has 0 atom stereocenters. The molecular formula is C17H16F2N4S2. The van der Waals surface area contributed by atoms with Gasteiger partial charge in [0, 0.05) is 12.2 Å². The van der Waals surface area contributed by atoms with Gasteiger partial charge in [-0.15, -0.1) is 5.10 Å². The third-order valence-corrected chi connectivity index (χ3v) is 4.67. The van der Waals surface area contributed by atoms with Crippen LogP contribution in [0.25, 0.3) is 0 Å². The number of halogens is 2. The highest BCUT2D eigenvalue weighted by atomic mass is 32.1. The molecule has 0 spiro atoms. The molecule has 0 aliphatic heterocycles. The van der Waals surface area contributed by atoms with Crippen molar-refractivity contribution in [2.45, 2.75) is 13.2 Å². The lowest BCUT2D eigenvalue weighted by Gasteiger charge is -2.16. The van der Waals surface area contributed by atoms with Gasteiger partial charge in [-0.2, -0.15) is 0 Å². The molecule has 3 rings (SSSR count). The van der Waals surface area contributed by atoms with Crippen LogP contribution in [0.4, 0.5) is 19.6 Å². The minimum Gasteiger partial charge on any atom is -0.330 e. The Balaban J connectivity index is 1.64. The minimum absolute atomic E-state index is 0.246. The monoisotopic (exact) mass is 378 g/mol. The van der Waals surface area contributed by atoms with E-state index in [1.165, 1.54) is 35.6 Å². The van der Waals surface area contributed by atoms with Gasteiger partial charge in [0.05, 0.1) is 6.67 Å². The van der Waals surface area contributed by atoms with Gasteiger partial charge in [-0.3, -0.25) is 4.90 Å². The zero-order valence-electron chi connectivity index (χ0n) is 13.4. The van der Waals surface area contributed by atoms with Crippen LogP contribution in [-0.2, 0) is 13.2 Å². The van der Waals surface area contributed by atoms with E-state index in [1.54, 1.807) is 28.9 Å². The molecule has 25 heavy (non-hydrogen) atoms. The maximum Gasteiger partial charge on any atom is 0.209 e. The SMILES string of the molecule is CN(Cc1ccc(F)cc1)Cn1nc(Nc2ccc(F)cc2)sc1=S. The number of hydrogen-bond donors (Lipinski definition) is 1. The fourth-order valence-corrected chi connectivity index (χ4v) is 3.30. The smallest absolute Gasteiger partial charge is 0.209 e. The number of aromatic nitrogens is 2. The van der Waals surface area contributed by atoms with Crippen LogP contribution in [0.1, 0.15) is 5.56 Å². The van der Waals surface area contributed by atoms with Gasteiger partial charge in [0.25, 0.3) is 0 Å². The second-order valence-corrected chi connectivity index (χ2v) is 7.21. The maximum atomic E-state index is 13.0. The number of benzene rings is 2. The Kier molecular flexibility index (Phi) is 5.52. The normalized spacial score (nSPS) is 11.0. The van der Waals surface area contributed by atoms with Crippen molar-refractivity contribution in [2.75, 3.05) is 12.4 Å². The van der Waals surface area contributed by atoms with E-state index in [2.05, 4.69) is 10.4 Å². The van der Waals surface area contributed by atoms with Crippen LogP contribution in [0.2, 0.25) is 0 Å². The first-order valence-corrected chi connectivity index (χ1v) is 8.75. The Labute approximate surface area is 153 Å². The summed E-state index contributed by atoms with van der Waals surface area (Å²) < 4.78 is 28.3. The average Bonchev–Trinajstić information content (AvgIpc) is 2.91. The minimum atomic E-state index is -0.286. The molecule has 8 heteroatoms. The summed E-state index contributed by atoms with van der Waals surface area (Å²) in [6.45, 7) is 1.16. The van der Waals surface area contributed by atoms with Gasteiger partial charge in [-0.05, 0) is 61.2 Å². The molecule has 0 aliphatic rings. The first-order valence-electron chi connectivity index (χ1n) is 7.53. The maximum absolute atomic E-state index is 13.0. The van der Waals surface area contributed by atoms with Gasteiger partial charge in [-0.25, -0.2) is 13.5 Å². The van der Waals surface area contributed by atoms with Crippen molar-refractivity contribution >= 4 is 34.4 Å². The summed E-state index contributed by atoms with van der Waals surface area (Å²) in [4.78, 5) is 2.03. The van der Waals surface area contributed by atoms with E-state index in [0.717, 1.165) is 11.3 Å². The molecule has 1 N–H and O–H groups in total. The fourth-order valence-electron chi connectivity index (χ4n) is 2.28. The van der Waals surface area contributed by atoms with Crippen LogP contribution in [0.5, 0.6) is 0 Å². The highest BCUT2D eigenvalue weighted by molar-refractivity contribution is 7.73. The zero-order chi connectivity index (χ0) is 17.8. The standard InChI is InChI=1S/C17H16F2N4S2/c1-22(10-12-2-4-13(18)5-3-12)11-23-17(24)25-16(21-23)20-15-8-6-14(19)7-9-15/h2-9H,10-11H2,1H3,(H,20,21). The van der Waals surface area contributed by atoms with Crippen molar-refractivity contribution in [2.24, 2.45) is 0 Å². The van der Waals surface area contributed by atoms with Gasteiger partial charge < -0.3 is 5.32 Å². The predicted molar refractivity (Wildman–Crippen MR) is 98.5 cm³/mol. The molecule has 0 fully saturated rings. The Morgan fingerprint density at radius 2 is 1.68 bits per heavy atom. The van der Waals surface area contributed by atoms with Crippen LogP contribution < -0.4 is 5.32 Å². The van der Waals surface area contributed by atoms with Crippen molar-refractivity contribution in [3.8, 4) is 0 Å². The molecule has 3 aromatic rings. The first kappa shape index (κ1) is 17.7. The molecule has 2 aromatic carbocycles. The third kappa shape index (κ3) is 4.91. The van der Waals surface area contributed by atoms with Crippen molar-refractivity contribution in [3.63, 3.8) is 0 Å². The number of anilines is 2. The van der Waals surface area contributed by atoms with Gasteiger partial charge in [-0.1, -0.05) is 23.5 Å². The molecule has 1 aromatic heterocycles. The van der Waals surface area contributed by atoms with Gasteiger partial charge >= 0.3 is 0 Å². The van der Waals surface area contributed by atoms with E-state index < -0.39 is 0 Å². The Morgan fingerprint density at radius 1 is 1.08 bits per heavy atom. The Morgan fingerprint density at radius 3 is 2.32 bits per heavy atom. The summed E-state index contributed by atoms with van der Waals surface area (Å²) >= 11 is 6.70. The topological polar surface area (TPSA) is 33.1 Å². The molecular weight excluding hydrogens is 362 g/mol. The Bertz CT molecular complexity index is 888. The van der Waals surface area contributed by atoms with Gasteiger partial charge in [0.15, 0.2) is 3.95 Å². The lowest BCUT2D eigenvalue weighted by molar-refractivity contribution is 0.245. The number of nitrogens with zero attached hydrogens (tertiary/aromatic N) is 3.